The number of hydrogen-bond donors (Lipinski definition) is 0. The van der Waals surface area contributed by atoms with E-state index in [1.807, 2.05) is 4.68 Å². The summed E-state index contributed by atoms with van der Waals surface area (Å²) >= 11 is 1.44. The SMILES string of the molecule is O=[N+]([O-])c1ccc(Sc2nnnn2C2CCCCC2)c2ccncc12. The minimum absolute atomic E-state index is 0.0549. The molecule has 0 aliphatic heterocycles. The van der Waals surface area contributed by atoms with E-state index in [-0.39, 0.29) is 10.6 Å². The molecule has 0 radical (unpaired) electrons. The van der Waals surface area contributed by atoms with E-state index in [2.05, 4.69) is 20.5 Å². The molecule has 1 aliphatic rings. The number of hydrogen-bond acceptors (Lipinski definition) is 7. The Bertz CT molecular complexity index is 922. The molecule has 0 N–H and O–H groups in total. The van der Waals surface area contributed by atoms with Gasteiger partial charge in [-0.2, -0.15) is 0 Å². The molecule has 128 valence electrons. The second-order valence-electron chi connectivity index (χ2n) is 6.06. The minimum Gasteiger partial charge on any atom is -0.264 e. The van der Waals surface area contributed by atoms with E-state index < -0.39 is 0 Å². The molecule has 0 bridgehead atoms. The largest absolute Gasteiger partial charge is 0.278 e. The first-order valence-corrected chi connectivity index (χ1v) is 9.02. The van der Waals surface area contributed by atoms with Gasteiger partial charge in [-0.15, -0.1) is 5.10 Å². The number of pyridine rings is 1. The number of rotatable bonds is 4. The van der Waals surface area contributed by atoms with E-state index >= 15 is 0 Å². The van der Waals surface area contributed by atoms with Gasteiger partial charge in [0.05, 0.1) is 16.4 Å². The molecule has 3 aromatic rings. The minimum atomic E-state index is -0.384. The fourth-order valence-corrected chi connectivity index (χ4v) is 4.28. The van der Waals surface area contributed by atoms with Crippen LogP contribution in [-0.4, -0.2) is 30.1 Å². The van der Waals surface area contributed by atoms with Gasteiger partial charge in [-0.1, -0.05) is 19.3 Å². The molecule has 2 heterocycles. The van der Waals surface area contributed by atoms with E-state index in [0.29, 0.717) is 11.4 Å². The Hall–Kier alpha value is -2.55. The van der Waals surface area contributed by atoms with Crippen LogP contribution in [0.3, 0.4) is 0 Å². The lowest BCUT2D eigenvalue weighted by Crippen LogP contribution is -2.15. The second-order valence-corrected chi connectivity index (χ2v) is 7.07. The van der Waals surface area contributed by atoms with Crippen LogP contribution in [0.25, 0.3) is 10.8 Å². The Labute approximate surface area is 147 Å². The van der Waals surface area contributed by atoms with Crippen LogP contribution < -0.4 is 0 Å². The number of fused-ring (bicyclic) bond motifs is 1. The Morgan fingerprint density at radius 3 is 2.80 bits per heavy atom. The molecule has 1 saturated carbocycles. The van der Waals surface area contributed by atoms with Gasteiger partial charge in [-0.05, 0) is 47.2 Å². The summed E-state index contributed by atoms with van der Waals surface area (Å²) in [7, 11) is 0. The standard InChI is InChI=1S/C16H16N6O2S/c23-22(24)14-6-7-15(12-8-9-17-10-13(12)14)25-16-18-19-20-21(16)11-4-2-1-3-5-11/h6-11H,1-5H2. The van der Waals surface area contributed by atoms with Gasteiger partial charge in [0, 0.05) is 28.7 Å². The molecule has 0 unspecified atom stereocenters. The molecule has 2 aromatic heterocycles. The van der Waals surface area contributed by atoms with Gasteiger partial charge in [-0.3, -0.25) is 15.1 Å². The molecule has 4 rings (SSSR count). The smallest absolute Gasteiger partial charge is 0.264 e. The van der Waals surface area contributed by atoms with Crippen LogP contribution in [0.4, 0.5) is 5.69 Å². The van der Waals surface area contributed by atoms with E-state index in [1.54, 1.807) is 18.3 Å². The van der Waals surface area contributed by atoms with E-state index in [1.165, 1.54) is 43.3 Å². The van der Waals surface area contributed by atoms with Crippen molar-refractivity contribution < 1.29 is 4.92 Å². The van der Waals surface area contributed by atoms with Crippen LogP contribution in [-0.2, 0) is 0 Å². The molecule has 0 atom stereocenters. The van der Waals surface area contributed by atoms with E-state index in [9.17, 15) is 10.1 Å². The molecule has 0 amide bonds. The number of nitrogens with zero attached hydrogens (tertiary/aromatic N) is 6. The fourth-order valence-electron chi connectivity index (χ4n) is 3.30. The van der Waals surface area contributed by atoms with Crippen LogP contribution in [0.2, 0.25) is 0 Å². The Balaban J connectivity index is 1.72. The van der Waals surface area contributed by atoms with Crippen LogP contribution in [0.1, 0.15) is 38.1 Å². The van der Waals surface area contributed by atoms with Crippen molar-refractivity contribution in [3.8, 4) is 0 Å². The number of benzene rings is 1. The molecule has 0 spiro atoms. The zero-order valence-electron chi connectivity index (χ0n) is 13.4. The van der Waals surface area contributed by atoms with Gasteiger partial charge in [-0.25, -0.2) is 4.68 Å². The van der Waals surface area contributed by atoms with E-state index in [0.717, 1.165) is 28.3 Å². The Morgan fingerprint density at radius 2 is 2.00 bits per heavy atom. The Kier molecular flexibility index (Phi) is 4.31. The highest BCUT2D eigenvalue weighted by Crippen LogP contribution is 2.38. The van der Waals surface area contributed by atoms with Crippen molar-refractivity contribution in [1.82, 2.24) is 25.2 Å². The van der Waals surface area contributed by atoms with Gasteiger partial charge in [0.15, 0.2) is 0 Å². The normalized spacial score (nSPS) is 15.5. The summed E-state index contributed by atoms with van der Waals surface area (Å²) in [6.07, 6.45) is 9.00. The van der Waals surface area contributed by atoms with Crippen molar-refractivity contribution in [2.45, 2.75) is 48.2 Å². The average Bonchev–Trinajstić information content (AvgIpc) is 3.10. The molecule has 8 nitrogen and oxygen atoms in total. The number of tetrazole rings is 1. The maximum absolute atomic E-state index is 11.2. The predicted molar refractivity (Wildman–Crippen MR) is 92.5 cm³/mol. The van der Waals surface area contributed by atoms with Gasteiger partial charge in [0.1, 0.15) is 0 Å². The lowest BCUT2D eigenvalue weighted by Gasteiger charge is -2.22. The summed E-state index contributed by atoms with van der Waals surface area (Å²) in [6, 6.07) is 5.39. The van der Waals surface area contributed by atoms with Crippen molar-refractivity contribution >= 4 is 28.2 Å². The molecule has 1 aliphatic carbocycles. The summed E-state index contributed by atoms with van der Waals surface area (Å²) in [4.78, 5) is 15.8. The summed E-state index contributed by atoms with van der Waals surface area (Å²) < 4.78 is 1.90. The lowest BCUT2D eigenvalue weighted by atomic mass is 9.96. The van der Waals surface area contributed by atoms with Crippen molar-refractivity contribution in [2.24, 2.45) is 0 Å². The fraction of sp³-hybridized carbons (Fsp3) is 0.375. The number of nitro benzene ring substituents is 1. The summed E-state index contributed by atoms with van der Waals surface area (Å²) in [5.74, 6) is 0. The maximum Gasteiger partial charge on any atom is 0.278 e. The third-order valence-electron chi connectivity index (χ3n) is 4.54. The van der Waals surface area contributed by atoms with Crippen molar-refractivity contribution in [3.05, 3.63) is 40.7 Å². The van der Waals surface area contributed by atoms with E-state index in [4.69, 9.17) is 0 Å². The first-order valence-electron chi connectivity index (χ1n) is 8.21. The van der Waals surface area contributed by atoms with Crippen LogP contribution in [0.5, 0.6) is 0 Å². The first kappa shape index (κ1) is 15.9. The van der Waals surface area contributed by atoms with Gasteiger partial charge >= 0.3 is 0 Å². The Morgan fingerprint density at radius 1 is 1.16 bits per heavy atom. The monoisotopic (exact) mass is 356 g/mol. The van der Waals surface area contributed by atoms with Crippen LogP contribution in [0.15, 0.2) is 40.6 Å². The lowest BCUT2D eigenvalue weighted by molar-refractivity contribution is -0.383. The molecule has 1 aromatic carbocycles. The summed E-state index contributed by atoms with van der Waals surface area (Å²) in [5.41, 5.74) is 0.0549. The molecular formula is C16H16N6O2S. The zero-order valence-corrected chi connectivity index (χ0v) is 14.2. The zero-order chi connectivity index (χ0) is 17.2. The highest BCUT2D eigenvalue weighted by atomic mass is 32.2. The van der Waals surface area contributed by atoms with Gasteiger partial charge in [0.2, 0.25) is 5.16 Å². The summed E-state index contributed by atoms with van der Waals surface area (Å²) in [5, 5.41) is 25.4. The molecule has 9 heteroatoms. The highest BCUT2D eigenvalue weighted by Gasteiger charge is 2.22. The van der Waals surface area contributed by atoms with Crippen molar-refractivity contribution in [3.63, 3.8) is 0 Å². The maximum atomic E-state index is 11.2. The van der Waals surface area contributed by atoms with Crippen LogP contribution in [0, 0.1) is 10.1 Å². The second kappa shape index (κ2) is 6.75. The van der Waals surface area contributed by atoms with Crippen molar-refractivity contribution in [1.29, 1.82) is 0 Å². The number of aromatic nitrogens is 5. The average molecular weight is 356 g/mol. The molecule has 1 fully saturated rings. The topological polar surface area (TPSA) is 99.6 Å². The highest BCUT2D eigenvalue weighted by molar-refractivity contribution is 7.99. The summed E-state index contributed by atoms with van der Waals surface area (Å²) in [6.45, 7) is 0. The predicted octanol–water partition coefficient (Wildman–Crippen LogP) is 3.79. The van der Waals surface area contributed by atoms with Gasteiger partial charge < -0.3 is 0 Å². The first-order chi connectivity index (χ1) is 12.2. The third-order valence-corrected chi connectivity index (χ3v) is 5.56. The van der Waals surface area contributed by atoms with Crippen LogP contribution >= 0.6 is 11.8 Å². The quantitative estimate of drug-likeness (QED) is 0.518. The molecular weight excluding hydrogens is 340 g/mol. The van der Waals surface area contributed by atoms with Gasteiger partial charge in [0.25, 0.3) is 5.69 Å². The molecule has 0 saturated heterocycles. The number of non-ortho nitro benzene ring substituents is 1. The molecule has 25 heavy (non-hydrogen) atoms. The third kappa shape index (κ3) is 3.07. The van der Waals surface area contributed by atoms with Crippen molar-refractivity contribution in [2.75, 3.05) is 0 Å². The number of nitro groups is 1.